The summed E-state index contributed by atoms with van der Waals surface area (Å²) in [5, 5.41) is 9.84. The molecule has 1 unspecified atom stereocenters. The van der Waals surface area contributed by atoms with E-state index in [2.05, 4.69) is 4.98 Å². The Hall–Kier alpha value is -1.97. The minimum atomic E-state index is -0.996. The lowest BCUT2D eigenvalue weighted by Crippen LogP contribution is -2.07. The number of aromatic nitrogens is 1. The van der Waals surface area contributed by atoms with Crippen LogP contribution in [0.4, 0.5) is 4.39 Å². The maximum atomic E-state index is 13.1. The molecular formula is C14H14FNO2. The summed E-state index contributed by atoms with van der Waals surface area (Å²) in [6.45, 7) is 3.95. The molecule has 0 aliphatic carbocycles. The van der Waals surface area contributed by atoms with Gasteiger partial charge < -0.3 is 5.11 Å². The van der Waals surface area contributed by atoms with Gasteiger partial charge in [-0.3, -0.25) is 4.98 Å². The zero-order valence-electron chi connectivity index (χ0n) is 10.3. The van der Waals surface area contributed by atoms with Crippen LogP contribution >= 0.6 is 0 Å². The largest absolute Gasteiger partial charge is 0.478 e. The molecule has 0 saturated carbocycles. The van der Waals surface area contributed by atoms with Crippen LogP contribution in [0.25, 0.3) is 10.9 Å². The van der Waals surface area contributed by atoms with Crippen LogP contribution in [-0.2, 0) is 0 Å². The number of benzene rings is 1. The molecule has 0 fully saturated rings. The normalized spacial score (nSPS) is 12.6. The Morgan fingerprint density at radius 1 is 1.50 bits per heavy atom. The van der Waals surface area contributed by atoms with Crippen molar-refractivity contribution in [2.24, 2.45) is 0 Å². The third-order valence-electron chi connectivity index (χ3n) is 3.22. The maximum absolute atomic E-state index is 13.1. The van der Waals surface area contributed by atoms with Crippen LogP contribution in [0.1, 0.15) is 42.1 Å². The van der Waals surface area contributed by atoms with E-state index in [0.29, 0.717) is 16.5 Å². The molecule has 0 amide bonds. The molecule has 4 heteroatoms. The van der Waals surface area contributed by atoms with Gasteiger partial charge in [-0.15, -0.1) is 0 Å². The molecule has 1 aromatic carbocycles. The highest BCUT2D eigenvalue weighted by Gasteiger charge is 2.18. The molecule has 2 rings (SSSR count). The average Bonchev–Trinajstić information content (AvgIpc) is 2.35. The van der Waals surface area contributed by atoms with Crippen LogP contribution in [0, 0.1) is 5.82 Å². The van der Waals surface area contributed by atoms with E-state index >= 15 is 0 Å². The fourth-order valence-corrected chi connectivity index (χ4v) is 2.01. The van der Waals surface area contributed by atoms with E-state index in [1.54, 1.807) is 6.20 Å². The Morgan fingerprint density at radius 3 is 2.83 bits per heavy atom. The molecular weight excluding hydrogens is 233 g/mol. The van der Waals surface area contributed by atoms with Crippen molar-refractivity contribution in [3.8, 4) is 0 Å². The van der Waals surface area contributed by atoms with Crippen molar-refractivity contribution in [1.29, 1.82) is 0 Å². The lowest BCUT2D eigenvalue weighted by Gasteiger charge is -2.14. The van der Waals surface area contributed by atoms with Crippen LogP contribution in [0.5, 0.6) is 0 Å². The number of fused-ring (bicyclic) bond motifs is 1. The highest BCUT2D eigenvalue weighted by molar-refractivity contribution is 6.03. The Bertz CT molecular complexity index is 610. The molecule has 1 atom stereocenters. The number of carboxylic acid groups (broad SMARTS) is 1. The number of pyridine rings is 1. The minimum Gasteiger partial charge on any atom is -0.478 e. The van der Waals surface area contributed by atoms with Gasteiger partial charge in [0.15, 0.2) is 0 Å². The Morgan fingerprint density at radius 2 is 2.22 bits per heavy atom. The minimum absolute atomic E-state index is 0.109. The van der Waals surface area contributed by atoms with Gasteiger partial charge >= 0.3 is 5.97 Å². The van der Waals surface area contributed by atoms with Crippen molar-refractivity contribution in [1.82, 2.24) is 4.98 Å². The fourth-order valence-electron chi connectivity index (χ4n) is 2.01. The summed E-state index contributed by atoms with van der Waals surface area (Å²) in [6.07, 6.45) is 2.37. The van der Waals surface area contributed by atoms with E-state index in [0.717, 1.165) is 6.42 Å². The summed E-state index contributed by atoms with van der Waals surface area (Å²) >= 11 is 0. The van der Waals surface area contributed by atoms with Gasteiger partial charge in [0.25, 0.3) is 0 Å². The quantitative estimate of drug-likeness (QED) is 0.901. The van der Waals surface area contributed by atoms with Crippen molar-refractivity contribution >= 4 is 16.9 Å². The molecule has 0 radical (unpaired) electrons. The first-order valence-corrected chi connectivity index (χ1v) is 5.86. The van der Waals surface area contributed by atoms with Gasteiger partial charge in [0.2, 0.25) is 0 Å². The Labute approximate surface area is 104 Å². The summed E-state index contributed by atoms with van der Waals surface area (Å²) in [6, 6.07) is 3.99. The third-order valence-corrected chi connectivity index (χ3v) is 3.22. The summed E-state index contributed by atoms with van der Waals surface area (Å²) in [5.41, 5.74) is 1.30. The van der Waals surface area contributed by atoms with Crippen LogP contribution in [-0.4, -0.2) is 16.1 Å². The van der Waals surface area contributed by atoms with E-state index in [-0.39, 0.29) is 11.5 Å². The predicted molar refractivity (Wildman–Crippen MR) is 67.4 cm³/mol. The molecule has 2 aromatic rings. The Balaban J connectivity index is 2.78. The first-order valence-electron chi connectivity index (χ1n) is 5.86. The van der Waals surface area contributed by atoms with Crippen molar-refractivity contribution in [3.63, 3.8) is 0 Å². The summed E-state index contributed by atoms with van der Waals surface area (Å²) in [5.74, 6) is -1.30. The predicted octanol–water partition coefficient (Wildman–Crippen LogP) is 3.59. The van der Waals surface area contributed by atoms with Gasteiger partial charge in [-0.05, 0) is 30.0 Å². The van der Waals surface area contributed by atoms with Crippen LogP contribution in [0.3, 0.4) is 0 Å². The van der Waals surface area contributed by atoms with Crippen molar-refractivity contribution < 1.29 is 14.3 Å². The standard InChI is InChI=1S/C14H14FNO2/c1-3-8(2)11-7-16-12-6-9(15)4-5-10(12)13(11)14(17)18/h4-8H,3H2,1-2H3,(H,17,18). The topological polar surface area (TPSA) is 50.2 Å². The number of nitrogens with zero attached hydrogens (tertiary/aromatic N) is 1. The summed E-state index contributed by atoms with van der Waals surface area (Å²) < 4.78 is 13.1. The molecule has 1 aromatic heterocycles. The van der Waals surface area contributed by atoms with Crippen LogP contribution < -0.4 is 0 Å². The summed E-state index contributed by atoms with van der Waals surface area (Å²) in [4.78, 5) is 15.6. The highest BCUT2D eigenvalue weighted by atomic mass is 19.1. The van der Waals surface area contributed by atoms with Gasteiger partial charge in [0.1, 0.15) is 5.82 Å². The third kappa shape index (κ3) is 2.06. The van der Waals surface area contributed by atoms with E-state index in [1.807, 2.05) is 13.8 Å². The number of carboxylic acids is 1. The Kier molecular flexibility index (Phi) is 3.28. The van der Waals surface area contributed by atoms with Gasteiger partial charge in [0.05, 0.1) is 11.1 Å². The van der Waals surface area contributed by atoms with Crippen molar-refractivity contribution in [2.45, 2.75) is 26.2 Å². The number of rotatable bonds is 3. The molecule has 0 bridgehead atoms. The molecule has 3 nitrogen and oxygen atoms in total. The van der Waals surface area contributed by atoms with E-state index < -0.39 is 11.8 Å². The lowest BCUT2D eigenvalue weighted by atomic mass is 9.93. The number of carbonyl (C=O) groups is 1. The number of hydrogen-bond donors (Lipinski definition) is 1. The van der Waals surface area contributed by atoms with Gasteiger partial charge in [-0.25, -0.2) is 9.18 Å². The first kappa shape index (κ1) is 12.5. The van der Waals surface area contributed by atoms with E-state index in [4.69, 9.17) is 0 Å². The monoisotopic (exact) mass is 247 g/mol. The van der Waals surface area contributed by atoms with E-state index in [9.17, 15) is 14.3 Å². The molecule has 0 saturated heterocycles. The van der Waals surface area contributed by atoms with Crippen LogP contribution in [0.15, 0.2) is 24.4 Å². The average molecular weight is 247 g/mol. The lowest BCUT2D eigenvalue weighted by molar-refractivity contribution is 0.0697. The van der Waals surface area contributed by atoms with Crippen molar-refractivity contribution in [3.05, 3.63) is 41.3 Å². The first-order chi connectivity index (χ1) is 8.54. The molecule has 1 heterocycles. The molecule has 18 heavy (non-hydrogen) atoms. The summed E-state index contributed by atoms with van der Waals surface area (Å²) in [7, 11) is 0. The molecule has 94 valence electrons. The molecule has 1 N–H and O–H groups in total. The smallest absolute Gasteiger partial charge is 0.336 e. The zero-order chi connectivity index (χ0) is 13.3. The molecule has 0 aliphatic rings. The fraction of sp³-hybridized carbons (Fsp3) is 0.286. The van der Waals surface area contributed by atoms with Gasteiger partial charge in [-0.1, -0.05) is 13.8 Å². The second-order valence-corrected chi connectivity index (χ2v) is 4.36. The number of aromatic carboxylic acids is 1. The van der Waals surface area contributed by atoms with Crippen LogP contribution in [0.2, 0.25) is 0 Å². The van der Waals surface area contributed by atoms with E-state index in [1.165, 1.54) is 18.2 Å². The number of hydrogen-bond acceptors (Lipinski definition) is 2. The molecule has 0 spiro atoms. The van der Waals surface area contributed by atoms with Crippen molar-refractivity contribution in [2.75, 3.05) is 0 Å². The zero-order valence-corrected chi connectivity index (χ0v) is 10.3. The highest BCUT2D eigenvalue weighted by Crippen LogP contribution is 2.28. The maximum Gasteiger partial charge on any atom is 0.336 e. The second-order valence-electron chi connectivity index (χ2n) is 4.36. The van der Waals surface area contributed by atoms with Gasteiger partial charge in [0, 0.05) is 17.6 Å². The SMILES string of the molecule is CCC(C)c1cnc2cc(F)ccc2c1C(=O)O. The number of halogens is 1. The molecule has 0 aliphatic heterocycles. The van der Waals surface area contributed by atoms with Gasteiger partial charge in [-0.2, -0.15) is 0 Å². The second kappa shape index (κ2) is 4.72.